The maximum absolute atomic E-state index is 12.8. The highest BCUT2D eigenvalue weighted by Crippen LogP contribution is 2.34. The lowest BCUT2D eigenvalue weighted by Gasteiger charge is -2.39. The number of nitrogens with zero attached hydrogens (tertiary/aromatic N) is 1. The van der Waals surface area contributed by atoms with Crippen LogP contribution in [-0.2, 0) is 4.79 Å². The number of benzene rings is 1. The van der Waals surface area contributed by atoms with Gasteiger partial charge in [-0.15, -0.1) is 0 Å². The molecular formula is C17H24N2O3. The number of carbonyl (C=O) groups is 1. The SMILES string of the molecule is CC(N)C1CCCN(C(=O)C2Oc3ccccc3OC2C)C1. The Kier molecular flexibility index (Phi) is 4.25. The molecule has 1 amide bonds. The van der Waals surface area contributed by atoms with Crippen LogP contribution in [0.3, 0.4) is 0 Å². The minimum atomic E-state index is -0.582. The van der Waals surface area contributed by atoms with Gasteiger partial charge in [0.1, 0.15) is 6.10 Å². The van der Waals surface area contributed by atoms with Gasteiger partial charge in [-0.3, -0.25) is 4.79 Å². The monoisotopic (exact) mass is 304 g/mol. The second-order valence-electron chi connectivity index (χ2n) is 6.35. The lowest BCUT2D eigenvalue weighted by molar-refractivity contribution is -0.146. The van der Waals surface area contributed by atoms with Crippen molar-refractivity contribution in [2.75, 3.05) is 13.1 Å². The smallest absolute Gasteiger partial charge is 0.267 e. The Morgan fingerprint density at radius 3 is 2.68 bits per heavy atom. The summed E-state index contributed by atoms with van der Waals surface area (Å²) in [5.74, 6) is 1.71. The van der Waals surface area contributed by atoms with Crippen molar-refractivity contribution in [1.82, 2.24) is 4.90 Å². The first kappa shape index (κ1) is 15.2. The summed E-state index contributed by atoms with van der Waals surface area (Å²) in [6, 6.07) is 7.58. The first-order valence-electron chi connectivity index (χ1n) is 8.03. The number of carbonyl (C=O) groups excluding carboxylic acids is 1. The minimum Gasteiger partial charge on any atom is -0.482 e. The molecule has 2 aliphatic rings. The zero-order chi connectivity index (χ0) is 15.7. The Hall–Kier alpha value is -1.75. The zero-order valence-electron chi connectivity index (χ0n) is 13.2. The maximum Gasteiger partial charge on any atom is 0.267 e. The fraction of sp³-hybridized carbons (Fsp3) is 0.588. The molecule has 1 aromatic carbocycles. The number of nitrogens with two attached hydrogens (primary N) is 1. The van der Waals surface area contributed by atoms with E-state index in [0.29, 0.717) is 24.0 Å². The molecule has 0 spiro atoms. The number of amides is 1. The van der Waals surface area contributed by atoms with Crippen LogP contribution in [0.5, 0.6) is 11.5 Å². The van der Waals surface area contributed by atoms with Gasteiger partial charge in [0.05, 0.1) is 0 Å². The van der Waals surface area contributed by atoms with Crippen molar-refractivity contribution in [2.45, 2.75) is 44.9 Å². The molecule has 2 aliphatic heterocycles. The number of hydrogen-bond donors (Lipinski definition) is 1. The molecule has 4 unspecified atom stereocenters. The van der Waals surface area contributed by atoms with E-state index >= 15 is 0 Å². The third kappa shape index (κ3) is 2.90. The highest BCUT2D eigenvalue weighted by atomic mass is 16.6. The van der Waals surface area contributed by atoms with E-state index in [9.17, 15) is 4.79 Å². The van der Waals surface area contributed by atoms with Gasteiger partial charge in [0.15, 0.2) is 11.5 Å². The lowest BCUT2D eigenvalue weighted by Crippen LogP contribution is -2.54. The maximum atomic E-state index is 12.8. The number of para-hydroxylation sites is 2. The second-order valence-corrected chi connectivity index (χ2v) is 6.35. The Morgan fingerprint density at radius 1 is 1.32 bits per heavy atom. The Balaban J connectivity index is 1.72. The van der Waals surface area contributed by atoms with Gasteiger partial charge >= 0.3 is 0 Å². The number of piperidine rings is 1. The predicted octanol–water partition coefficient (Wildman–Crippen LogP) is 1.80. The molecule has 5 nitrogen and oxygen atoms in total. The van der Waals surface area contributed by atoms with Crippen LogP contribution >= 0.6 is 0 Å². The molecule has 0 bridgehead atoms. The van der Waals surface area contributed by atoms with Crippen molar-refractivity contribution in [2.24, 2.45) is 11.7 Å². The van der Waals surface area contributed by atoms with Gasteiger partial charge in [0.2, 0.25) is 6.10 Å². The van der Waals surface area contributed by atoms with Crippen molar-refractivity contribution in [3.05, 3.63) is 24.3 Å². The van der Waals surface area contributed by atoms with Gasteiger partial charge in [-0.05, 0) is 44.7 Å². The summed E-state index contributed by atoms with van der Waals surface area (Å²) in [4.78, 5) is 14.7. The average molecular weight is 304 g/mol. The first-order valence-corrected chi connectivity index (χ1v) is 8.03. The molecular weight excluding hydrogens is 280 g/mol. The molecule has 1 fully saturated rings. The highest BCUT2D eigenvalue weighted by Gasteiger charge is 2.38. The predicted molar refractivity (Wildman–Crippen MR) is 83.9 cm³/mol. The molecule has 1 aromatic rings. The first-order chi connectivity index (χ1) is 10.6. The molecule has 22 heavy (non-hydrogen) atoms. The van der Waals surface area contributed by atoms with Crippen LogP contribution in [0.1, 0.15) is 26.7 Å². The summed E-state index contributed by atoms with van der Waals surface area (Å²) in [5.41, 5.74) is 6.00. The van der Waals surface area contributed by atoms with Crippen molar-refractivity contribution in [3.63, 3.8) is 0 Å². The molecule has 120 valence electrons. The van der Waals surface area contributed by atoms with Crippen molar-refractivity contribution < 1.29 is 14.3 Å². The van der Waals surface area contributed by atoms with Crippen LogP contribution in [0.25, 0.3) is 0 Å². The average Bonchev–Trinajstić information content (AvgIpc) is 2.53. The summed E-state index contributed by atoms with van der Waals surface area (Å²) in [7, 11) is 0. The molecule has 0 saturated carbocycles. The van der Waals surface area contributed by atoms with Gasteiger partial charge < -0.3 is 20.1 Å². The van der Waals surface area contributed by atoms with E-state index in [1.54, 1.807) is 0 Å². The molecule has 5 heteroatoms. The molecule has 2 N–H and O–H groups in total. The quantitative estimate of drug-likeness (QED) is 0.905. The summed E-state index contributed by atoms with van der Waals surface area (Å²) < 4.78 is 11.7. The van der Waals surface area contributed by atoms with Crippen LogP contribution < -0.4 is 15.2 Å². The molecule has 3 rings (SSSR count). The molecule has 4 atom stereocenters. The van der Waals surface area contributed by atoms with E-state index in [1.165, 1.54) is 0 Å². The molecule has 1 saturated heterocycles. The normalized spacial score (nSPS) is 29.0. The van der Waals surface area contributed by atoms with E-state index in [-0.39, 0.29) is 18.1 Å². The molecule has 0 aromatic heterocycles. The number of hydrogen-bond acceptors (Lipinski definition) is 4. The van der Waals surface area contributed by atoms with Gasteiger partial charge in [-0.2, -0.15) is 0 Å². The topological polar surface area (TPSA) is 64.8 Å². The number of ether oxygens (including phenoxy) is 2. The van der Waals surface area contributed by atoms with Crippen molar-refractivity contribution in [3.8, 4) is 11.5 Å². The highest BCUT2D eigenvalue weighted by molar-refractivity contribution is 5.82. The molecule has 2 heterocycles. The van der Waals surface area contributed by atoms with E-state index in [1.807, 2.05) is 43.0 Å². The van der Waals surface area contributed by atoms with Crippen LogP contribution in [0.4, 0.5) is 0 Å². The number of rotatable bonds is 2. The van der Waals surface area contributed by atoms with E-state index in [0.717, 1.165) is 19.4 Å². The third-order valence-corrected chi connectivity index (χ3v) is 4.60. The van der Waals surface area contributed by atoms with Crippen LogP contribution in [0.15, 0.2) is 24.3 Å². The summed E-state index contributed by atoms with van der Waals surface area (Å²) in [6.45, 7) is 5.38. The van der Waals surface area contributed by atoms with E-state index in [2.05, 4.69) is 0 Å². The van der Waals surface area contributed by atoms with Gasteiger partial charge in [0, 0.05) is 19.1 Å². The van der Waals surface area contributed by atoms with Crippen LogP contribution in [-0.4, -0.2) is 42.1 Å². The van der Waals surface area contributed by atoms with E-state index in [4.69, 9.17) is 15.2 Å². The Morgan fingerprint density at radius 2 is 2.00 bits per heavy atom. The fourth-order valence-electron chi connectivity index (χ4n) is 3.21. The third-order valence-electron chi connectivity index (χ3n) is 4.60. The summed E-state index contributed by atoms with van der Waals surface area (Å²) in [6.07, 6.45) is 1.21. The van der Waals surface area contributed by atoms with Gasteiger partial charge in [0.25, 0.3) is 5.91 Å². The lowest BCUT2D eigenvalue weighted by atomic mass is 9.91. The van der Waals surface area contributed by atoms with Crippen LogP contribution in [0.2, 0.25) is 0 Å². The zero-order valence-corrected chi connectivity index (χ0v) is 13.2. The van der Waals surface area contributed by atoms with Gasteiger partial charge in [-0.1, -0.05) is 12.1 Å². The van der Waals surface area contributed by atoms with E-state index < -0.39 is 6.10 Å². The molecule has 0 aliphatic carbocycles. The van der Waals surface area contributed by atoms with Crippen molar-refractivity contribution >= 4 is 5.91 Å². The standard InChI is InChI=1S/C17H24N2O3/c1-11(18)13-6-5-9-19(10-13)17(20)16-12(2)21-14-7-3-4-8-15(14)22-16/h3-4,7-8,11-13,16H,5-6,9-10,18H2,1-2H3. The van der Waals surface area contributed by atoms with Crippen molar-refractivity contribution in [1.29, 1.82) is 0 Å². The molecule has 0 radical (unpaired) electrons. The van der Waals surface area contributed by atoms with Crippen LogP contribution in [0, 0.1) is 5.92 Å². The second kappa shape index (κ2) is 6.16. The summed E-state index contributed by atoms with van der Waals surface area (Å²) in [5, 5.41) is 0. The largest absolute Gasteiger partial charge is 0.482 e. The van der Waals surface area contributed by atoms with Gasteiger partial charge in [-0.25, -0.2) is 0 Å². The Labute approximate surface area is 131 Å². The number of likely N-dealkylation sites (tertiary alicyclic amines) is 1. The number of fused-ring (bicyclic) bond motifs is 1. The summed E-state index contributed by atoms with van der Waals surface area (Å²) >= 11 is 0. The minimum absolute atomic E-state index is 0.00681. The fourth-order valence-corrected chi connectivity index (χ4v) is 3.21. The Bertz CT molecular complexity index is 546.